The van der Waals surface area contributed by atoms with Gasteiger partial charge in [0.15, 0.2) is 0 Å². The number of hydrogen-bond donors (Lipinski definition) is 0. The Labute approximate surface area is 119 Å². The van der Waals surface area contributed by atoms with Crippen molar-refractivity contribution in [3.8, 4) is 0 Å². The average molecular weight is 281 g/mol. The SMILES string of the molecule is CC(C)n1cnnc1CN1CCO[C@H](C(=O)N(C)C)C1. The van der Waals surface area contributed by atoms with Crippen LogP contribution in [-0.4, -0.2) is 70.4 Å². The largest absolute Gasteiger partial charge is 0.366 e. The van der Waals surface area contributed by atoms with Crippen molar-refractivity contribution in [3.05, 3.63) is 12.2 Å². The Morgan fingerprint density at radius 2 is 2.30 bits per heavy atom. The van der Waals surface area contributed by atoms with Gasteiger partial charge in [-0.05, 0) is 13.8 Å². The number of carbonyl (C=O) groups is 1. The Hall–Kier alpha value is -1.47. The molecule has 7 nitrogen and oxygen atoms in total. The van der Waals surface area contributed by atoms with E-state index in [1.54, 1.807) is 25.3 Å². The van der Waals surface area contributed by atoms with Crippen molar-refractivity contribution in [3.63, 3.8) is 0 Å². The zero-order valence-corrected chi connectivity index (χ0v) is 12.6. The molecule has 0 spiro atoms. The minimum absolute atomic E-state index is 0.0139. The van der Waals surface area contributed by atoms with Crippen LogP contribution in [0.15, 0.2) is 6.33 Å². The normalized spacial score (nSPS) is 20.4. The summed E-state index contributed by atoms with van der Waals surface area (Å²) in [5.74, 6) is 0.943. The summed E-state index contributed by atoms with van der Waals surface area (Å²) in [6.07, 6.45) is 1.37. The van der Waals surface area contributed by atoms with Crippen LogP contribution in [0.3, 0.4) is 0 Å². The fourth-order valence-electron chi connectivity index (χ4n) is 2.29. The number of likely N-dealkylation sites (N-methyl/N-ethyl adjacent to an activating group) is 1. The van der Waals surface area contributed by atoms with Gasteiger partial charge in [-0.1, -0.05) is 0 Å². The fraction of sp³-hybridized carbons (Fsp3) is 0.769. The number of morpholine rings is 1. The van der Waals surface area contributed by atoms with Crippen molar-refractivity contribution < 1.29 is 9.53 Å². The topological polar surface area (TPSA) is 63.5 Å². The standard InChI is InChI=1S/C13H23N5O2/c1-10(2)18-9-14-15-12(18)8-17-5-6-20-11(7-17)13(19)16(3)4/h9-11H,5-8H2,1-4H3/t11-/m0/s1. The molecule has 1 aliphatic heterocycles. The van der Waals surface area contributed by atoms with Crippen molar-refractivity contribution in [1.29, 1.82) is 0 Å². The summed E-state index contributed by atoms with van der Waals surface area (Å²) < 4.78 is 7.61. The second-order valence-electron chi connectivity index (χ2n) is 5.58. The molecule has 1 saturated heterocycles. The third-order valence-corrected chi connectivity index (χ3v) is 3.44. The first-order chi connectivity index (χ1) is 9.49. The molecule has 1 aromatic heterocycles. The third kappa shape index (κ3) is 3.34. The van der Waals surface area contributed by atoms with Crippen molar-refractivity contribution in [1.82, 2.24) is 24.6 Å². The Bertz CT molecular complexity index is 457. The van der Waals surface area contributed by atoms with Crippen molar-refractivity contribution in [2.75, 3.05) is 33.8 Å². The van der Waals surface area contributed by atoms with Crippen LogP contribution < -0.4 is 0 Å². The molecule has 2 rings (SSSR count). The fourth-order valence-corrected chi connectivity index (χ4v) is 2.29. The van der Waals surface area contributed by atoms with Gasteiger partial charge in [0.1, 0.15) is 18.3 Å². The van der Waals surface area contributed by atoms with Gasteiger partial charge in [0, 0.05) is 33.2 Å². The molecule has 1 atom stereocenters. The number of ether oxygens (including phenoxy) is 1. The lowest BCUT2D eigenvalue weighted by atomic mass is 10.2. The Balaban J connectivity index is 1.99. The Kier molecular flexibility index (Phi) is 4.72. The molecule has 1 fully saturated rings. The van der Waals surface area contributed by atoms with Gasteiger partial charge in [-0.15, -0.1) is 10.2 Å². The van der Waals surface area contributed by atoms with Gasteiger partial charge in [0.25, 0.3) is 5.91 Å². The molecule has 0 aliphatic carbocycles. The number of carbonyl (C=O) groups excluding carboxylic acids is 1. The molecule has 7 heteroatoms. The number of rotatable bonds is 4. The van der Waals surface area contributed by atoms with Crippen LogP contribution in [0, 0.1) is 0 Å². The van der Waals surface area contributed by atoms with E-state index in [2.05, 4.69) is 33.5 Å². The van der Waals surface area contributed by atoms with Gasteiger partial charge >= 0.3 is 0 Å². The summed E-state index contributed by atoms with van der Waals surface area (Å²) in [5, 5.41) is 8.14. The van der Waals surface area contributed by atoms with E-state index < -0.39 is 0 Å². The van der Waals surface area contributed by atoms with Gasteiger partial charge in [0.05, 0.1) is 13.2 Å². The van der Waals surface area contributed by atoms with Gasteiger partial charge in [-0.25, -0.2) is 0 Å². The molecule has 1 amide bonds. The van der Waals surface area contributed by atoms with Gasteiger partial charge < -0.3 is 14.2 Å². The molecule has 2 heterocycles. The Morgan fingerprint density at radius 1 is 1.55 bits per heavy atom. The minimum atomic E-state index is -0.380. The zero-order valence-electron chi connectivity index (χ0n) is 12.6. The highest BCUT2D eigenvalue weighted by atomic mass is 16.5. The predicted molar refractivity (Wildman–Crippen MR) is 74.1 cm³/mol. The molecule has 20 heavy (non-hydrogen) atoms. The van der Waals surface area contributed by atoms with E-state index in [9.17, 15) is 4.79 Å². The van der Waals surface area contributed by atoms with Crippen molar-refractivity contribution in [2.24, 2.45) is 0 Å². The predicted octanol–water partition coefficient (Wildman–Crippen LogP) is 0.148. The maximum absolute atomic E-state index is 12.0. The van der Waals surface area contributed by atoms with Crippen LogP contribution in [0.1, 0.15) is 25.7 Å². The molecule has 1 aliphatic rings. The lowest BCUT2D eigenvalue weighted by Gasteiger charge is -2.33. The summed E-state index contributed by atoms with van der Waals surface area (Å²) in [4.78, 5) is 15.7. The molecule has 0 radical (unpaired) electrons. The van der Waals surface area contributed by atoms with E-state index in [1.165, 1.54) is 0 Å². The van der Waals surface area contributed by atoms with Gasteiger partial charge in [-0.2, -0.15) is 0 Å². The maximum atomic E-state index is 12.0. The quantitative estimate of drug-likeness (QED) is 0.786. The van der Waals surface area contributed by atoms with Crippen LogP contribution in [0.5, 0.6) is 0 Å². The molecule has 1 aromatic rings. The van der Waals surface area contributed by atoms with E-state index in [4.69, 9.17) is 4.74 Å². The zero-order chi connectivity index (χ0) is 14.7. The number of aromatic nitrogens is 3. The lowest BCUT2D eigenvalue weighted by molar-refractivity contribution is -0.147. The monoisotopic (exact) mass is 281 g/mol. The number of amides is 1. The minimum Gasteiger partial charge on any atom is -0.366 e. The summed E-state index contributed by atoms with van der Waals surface area (Å²) in [6.45, 7) is 6.87. The van der Waals surface area contributed by atoms with Crippen molar-refractivity contribution >= 4 is 5.91 Å². The van der Waals surface area contributed by atoms with Crippen LogP contribution in [0.2, 0.25) is 0 Å². The second kappa shape index (κ2) is 6.32. The first-order valence-electron chi connectivity index (χ1n) is 6.92. The van der Waals surface area contributed by atoms with Crippen molar-refractivity contribution in [2.45, 2.75) is 32.5 Å². The van der Waals surface area contributed by atoms with E-state index in [0.29, 0.717) is 25.7 Å². The molecule has 112 valence electrons. The van der Waals surface area contributed by atoms with Crippen LogP contribution in [-0.2, 0) is 16.1 Å². The summed E-state index contributed by atoms with van der Waals surface area (Å²) >= 11 is 0. The van der Waals surface area contributed by atoms with E-state index in [1.807, 2.05) is 0 Å². The molecule has 0 N–H and O–H groups in total. The highest BCUT2D eigenvalue weighted by Crippen LogP contribution is 2.13. The molecule has 0 saturated carbocycles. The highest BCUT2D eigenvalue weighted by Gasteiger charge is 2.28. The lowest BCUT2D eigenvalue weighted by Crippen LogP contribution is -2.49. The summed E-state index contributed by atoms with van der Waals surface area (Å²) in [5.41, 5.74) is 0. The average Bonchev–Trinajstić information content (AvgIpc) is 2.86. The van der Waals surface area contributed by atoms with Crippen LogP contribution in [0.25, 0.3) is 0 Å². The van der Waals surface area contributed by atoms with E-state index in [0.717, 1.165) is 12.4 Å². The summed E-state index contributed by atoms with van der Waals surface area (Å²) in [6, 6.07) is 0.334. The summed E-state index contributed by atoms with van der Waals surface area (Å²) in [7, 11) is 3.50. The second-order valence-corrected chi connectivity index (χ2v) is 5.58. The first-order valence-corrected chi connectivity index (χ1v) is 6.92. The number of nitrogens with zero attached hydrogens (tertiary/aromatic N) is 5. The molecule has 0 unspecified atom stereocenters. The van der Waals surface area contributed by atoms with E-state index in [-0.39, 0.29) is 12.0 Å². The highest BCUT2D eigenvalue weighted by molar-refractivity contribution is 5.80. The molecule has 0 aromatic carbocycles. The molecular formula is C13H23N5O2. The van der Waals surface area contributed by atoms with Gasteiger partial charge in [0.2, 0.25) is 0 Å². The smallest absolute Gasteiger partial charge is 0.252 e. The number of hydrogen-bond acceptors (Lipinski definition) is 5. The van der Waals surface area contributed by atoms with E-state index >= 15 is 0 Å². The van der Waals surface area contributed by atoms with Crippen LogP contribution >= 0.6 is 0 Å². The first kappa shape index (κ1) is 14.9. The molecular weight excluding hydrogens is 258 g/mol. The van der Waals surface area contributed by atoms with Crippen LogP contribution in [0.4, 0.5) is 0 Å². The maximum Gasteiger partial charge on any atom is 0.252 e. The third-order valence-electron chi connectivity index (χ3n) is 3.44. The Morgan fingerprint density at radius 3 is 2.95 bits per heavy atom. The van der Waals surface area contributed by atoms with Gasteiger partial charge in [-0.3, -0.25) is 9.69 Å². The molecule has 0 bridgehead atoms.